The molecule has 4 rings (SSSR count). The van der Waals surface area contributed by atoms with E-state index in [2.05, 4.69) is 15.1 Å². The van der Waals surface area contributed by atoms with Gasteiger partial charge >= 0.3 is 0 Å². The van der Waals surface area contributed by atoms with Crippen LogP contribution in [0.25, 0.3) is 11.5 Å². The van der Waals surface area contributed by atoms with Gasteiger partial charge in [0.2, 0.25) is 5.88 Å². The van der Waals surface area contributed by atoms with Gasteiger partial charge in [0, 0.05) is 0 Å². The molecule has 0 saturated heterocycles. The van der Waals surface area contributed by atoms with Crippen LogP contribution in [0.2, 0.25) is 0 Å². The molecule has 3 aromatic rings. The van der Waals surface area contributed by atoms with E-state index in [4.69, 9.17) is 14.4 Å². The molecular weight excluding hydrogens is 313 g/mol. The molecule has 0 radical (unpaired) electrons. The zero-order valence-electron chi connectivity index (χ0n) is 12.6. The van der Waals surface area contributed by atoms with Gasteiger partial charge in [-0.1, -0.05) is 12.1 Å². The van der Waals surface area contributed by atoms with Gasteiger partial charge in [-0.15, -0.1) is 0 Å². The highest BCUT2D eigenvalue weighted by Gasteiger charge is 2.32. The summed E-state index contributed by atoms with van der Waals surface area (Å²) < 4.78 is 23.6. The molecule has 0 amide bonds. The van der Waals surface area contributed by atoms with Crippen LogP contribution in [0, 0.1) is 5.82 Å². The van der Waals surface area contributed by atoms with Crippen molar-refractivity contribution >= 4 is 0 Å². The second-order valence-electron chi connectivity index (χ2n) is 5.75. The largest absolute Gasteiger partial charge is 0.491 e. The second-order valence-corrected chi connectivity index (χ2v) is 5.75. The van der Waals surface area contributed by atoms with E-state index in [1.807, 2.05) is 12.1 Å². The van der Waals surface area contributed by atoms with Crippen LogP contribution in [0.5, 0.6) is 11.8 Å². The lowest BCUT2D eigenvalue weighted by molar-refractivity contribution is 0.0931. The summed E-state index contributed by atoms with van der Waals surface area (Å²) in [7, 11) is 0. The Morgan fingerprint density at radius 3 is 2.54 bits per heavy atom. The van der Waals surface area contributed by atoms with E-state index in [0.717, 1.165) is 18.4 Å². The van der Waals surface area contributed by atoms with E-state index < -0.39 is 0 Å². The molecule has 6 nitrogen and oxygen atoms in total. The number of nitrogens with zero attached hydrogens (tertiary/aromatic N) is 3. The maximum absolute atomic E-state index is 12.9. The molecule has 1 aromatic carbocycles. The summed E-state index contributed by atoms with van der Waals surface area (Å²) in [6.07, 6.45) is 4.83. The van der Waals surface area contributed by atoms with Gasteiger partial charge in [-0.25, -0.2) is 14.4 Å². The second kappa shape index (κ2) is 5.92. The predicted octanol–water partition coefficient (Wildman–Crippen LogP) is 3.30. The molecule has 1 aliphatic carbocycles. The summed E-state index contributed by atoms with van der Waals surface area (Å²) in [6, 6.07) is 7.96. The van der Waals surface area contributed by atoms with Crippen LogP contribution in [-0.4, -0.2) is 26.3 Å². The lowest BCUT2D eigenvalue weighted by atomic mass is 9.77. The van der Waals surface area contributed by atoms with E-state index in [1.54, 1.807) is 0 Å². The third kappa shape index (κ3) is 2.92. The summed E-state index contributed by atoms with van der Waals surface area (Å²) in [5, 5.41) is 12.5. The Morgan fingerprint density at radius 2 is 1.92 bits per heavy atom. The summed E-state index contributed by atoms with van der Waals surface area (Å²) in [5.74, 6) is 0.742. The van der Waals surface area contributed by atoms with Crippen molar-refractivity contribution in [3.05, 3.63) is 54.1 Å². The fraction of sp³-hybridized carbons (Fsp3) is 0.235. The van der Waals surface area contributed by atoms with E-state index in [9.17, 15) is 4.39 Å². The molecule has 1 fully saturated rings. The van der Waals surface area contributed by atoms with Gasteiger partial charge in [0.15, 0.2) is 5.76 Å². The van der Waals surface area contributed by atoms with Crippen molar-refractivity contribution in [1.29, 1.82) is 0 Å². The van der Waals surface area contributed by atoms with Crippen molar-refractivity contribution in [3.8, 4) is 23.2 Å². The van der Waals surface area contributed by atoms with Crippen LogP contribution in [0.1, 0.15) is 24.3 Å². The Balaban J connectivity index is 1.34. The minimum Gasteiger partial charge on any atom is -0.491 e. The Morgan fingerprint density at radius 1 is 1.12 bits per heavy atom. The molecule has 1 N–H and O–H groups in total. The SMILES string of the molecule is Oc1cc(-c2cnc(OC3CC(c4ccc(F)cc4)C3)cn2)on1. The molecule has 1 saturated carbocycles. The van der Waals surface area contributed by atoms with Crippen LogP contribution in [0.4, 0.5) is 4.39 Å². The number of hydrogen-bond acceptors (Lipinski definition) is 6. The Hall–Kier alpha value is -2.96. The Kier molecular flexibility index (Phi) is 3.60. The van der Waals surface area contributed by atoms with Crippen LogP contribution >= 0.6 is 0 Å². The predicted molar refractivity (Wildman–Crippen MR) is 82.0 cm³/mol. The van der Waals surface area contributed by atoms with Gasteiger partial charge in [0.05, 0.1) is 18.5 Å². The van der Waals surface area contributed by atoms with Gasteiger partial charge in [0.25, 0.3) is 5.88 Å². The highest BCUT2D eigenvalue weighted by atomic mass is 19.1. The third-order valence-corrected chi connectivity index (χ3v) is 4.10. The van der Waals surface area contributed by atoms with Crippen molar-refractivity contribution in [2.24, 2.45) is 0 Å². The van der Waals surface area contributed by atoms with E-state index in [-0.39, 0.29) is 17.8 Å². The third-order valence-electron chi connectivity index (χ3n) is 4.10. The maximum atomic E-state index is 12.9. The molecule has 7 heteroatoms. The van der Waals surface area contributed by atoms with Crippen LogP contribution in [0.15, 0.2) is 47.2 Å². The fourth-order valence-corrected chi connectivity index (χ4v) is 2.73. The molecule has 0 bridgehead atoms. The van der Waals surface area contributed by atoms with Crippen molar-refractivity contribution in [2.45, 2.75) is 24.9 Å². The van der Waals surface area contributed by atoms with Crippen molar-refractivity contribution in [1.82, 2.24) is 15.1 Å². The molecular formula is C17H14FN3O3. The lowest BCUT2D eigenvalue weighted by Crippen LogP contribution is -2.32. The standard InChI is InChI=1S/C17H14FN3O3/c18-12-3-1-10(2-4-12)11-5-13(6-11)23-17-9-19-14(8-20-17)15-7-16(22)21-24-15/h1-4,7-9,11,13H,5-6H2,(H,21,22). The van der Waals surface area contributed by atoms with E-state index >= 15 is 0 Å². The minimum atomic E-state index is -0.221. The van der Waals surface area contributed by atoms with Crippen molar-refractivity contribution in [2.75, 3.05) is 0 Å². The molecule has 0 atom stereocenters. The number of hydrogen-bond donors (Lipinski definition) is 1. The molecule has 122 valence electrons. The summed E-state index contributed by atoms with van der Waals surface area (Å²) in [5.41, 5.74) is 1.59. The van der Waals surface area contributed by atoms with Gasteiger partial charge in [-0.05, 0) is 41.6 Å². The normalized spacial score (nSPS) is 19.7. The Labute approximate surface area is 136 Å². The monoisotopic (exact) mass is 327 g/mol. The number of ether oxygens (including phenoxy) is 1. The lowest BCUT2D eigenvalue weighted by Gasteiger charge is -2.35. The van der Waals surface area contributed by atoms with Crippen molar-refractivity contribution < 1.29 is 18.8 Å². The maximum Gasteiger partial charge on any atom is 0.252 e. The highest BCUT2D eigenvalue weighted by molar-refractivity contribution is 5.51. The average molecular weight is 327 g/mol. The first-order valence-electron chi connectivity index (χ1n) is 7.57. The fourth-order valence-electron chi connectivity index (χ4n) is 2.73. The van der Waals surface area contributed by atoms with E-state index in [1.165, 1.54) is 30.6 Å². The molecule has 0 aliphatic heterocycles. The number of rotatable bonds is 4. The number of halogens is 1. The van der Waals surface area contributed by atoms with Gasteiger partial charge in [-0.3, -0.25) is 0 Å². The van der Waals surface area contributed by atoms with E-state index in [0.29, 0.717) is 23.3 Å². The van der Waals surface area contributed by atoms with Crippen LogP contribution in [0.3, 0.4) is 0 Å². The summed E-state index contributed by atoms with van der Waals surface area (Å²) >= 11 is 0. The summed E-state index contributed by atoms with van der Waals surface area (Å²) in [6.45, 7) is 0. The average Bonchev–Trinajstić information content (AvgIpc) is 2.99. The van der Waals surface area contributed by atoms with Crippen LogP contribution < -0.4 is 4.74 Å². The molecule has 0 unspecified atom stereocenters. The quantitative estimate of drug-likeness (QED) is 0.792. The Bertz CT molecular complexity index is 827. The highest BCUT2D eigenvalue weighted by Crippen LogP contribution is 2.38. The first kappa shape index (κ1) is 14.6. The van der Waals surface area contributed by atoms with Crippen LogP contribution in [-0.2, 0) is 0 Å². The molecule has 0 spiro atoms. The first-order chi connectivity index (χ1) is 11.7. The number of benzene rings is 1. The first-order valence-corrected chi connectivity index (χ1v) is 7.57. The smallest absolute Gasteiger partial charge is 0.252 e. The van der Waals surface area contributed by atoms with Gasteiger partial charge < -0.3 is 14.4 Å². The molecule has 2 heterocycles. The molecule has 24 heavy (non-hydrogen) atoms. The number of aromatic nitrogens is 3. The zero-order valence-corrected chi connectivity index (χ0v) is 12.6. The van der Waals surface area contributed by atoms with Gasteiger partial charge in [0.1, 0.15) is 17.6 Å². The van der Waals surface area contributed by atoms with Crippen molar-refractivity contribution in [3.63, 3.8) is 0 Å². The minimum absolute atomic E-state index is 0.0783. The zero-order chi connectivity index (χ0) is 16.5. The summed E-state index contributed by atoms with van der Waals surface area (Å²) in [4.78, 5) is 8.38. The molecule has 1 aliphatic rings. The number of aromatic hydroxyl groups is 1. The molecule has 2 aromatic heterocycles. The van der Waals surface area contributed by atoms with Gasteiger partial charge in [-0.2, -0.15) is 0 Å². The topological polar surface area (TPSA) is 81.3 Å².